The smallest absolute Gasteiger partial charge is 0.130 e. The van der Waals surface area contributed by atoms with Crippen LogP contribution in [0.5, 0.6) is 0 Å². The number of ketones is 1. The van der Waals surface area contributed by atoms with Gasteiger partial charge in [-0.1, -0.05) is 34.1 Å². The molecular weight excluding hydrogens is 124 g/mol. The molecule has 0 radical (unpaired) electrons. The van der Waals surface area contributed by atoms with Crippen LogP contribution in [0.4, 0.5) is 0 Å². The van der Waals surface area contributed by atoms with Crippen molar-refractivity contribution in [1.29, 1.82) is 0 Å². The minimum Gasteiger partial charge on any atom is -0.300 e. The molecule has 0 aliphatic heterocycles. The molecule has 0 aliphatic carbocycles. The van der Waals surface area contributed by atoms with Crippen molar-refractivity contribution in [2.75, 3.05) is 0 Å². The van der Waals surface area contributed by atoms with E-state index in [1.54, 1.807) is 6.92 Å². The highest BCUT2D eigenvalue weighted by atomic mass is 16.1. The molecule has 62 valence electrons. The second-order valence-electron chi connectivity index (χ2n) is 2.42. The Hall–Kier alpha value is -0.330. The first-order valence-corrected chi connectivity index (χ1v) is 4.16. The minimum absolute atomic E-state index is 0.305. The van der Waals surface area contributed by atoms with Gasteiger partial charge < -0.3 is 4.79 Å². The van der Waals surface area contributed by atoms with E-state index in [2.05, 4.69) is 13.8 Å². The van der Waals surface area contributed by atoms with Gasteiger partial charge in [-0.25, -0.2) is 0 Å². The lowest BCUT2D eigenvalue weighted by Gasteiger charge is -2.01. The maximum absolute atomic E-state index is 10.4. The highest BCUT2D eigenvalue weighted by molar-refractivity contribution is 5.75. The summed E-state index contributed by atoms with van der Waals surface area (Å²) in [5, 5.41) is 0. The van der Waals surface area contributed by atoms with Crippen molar-refractivity contribution in [3.63, 3.8) is 0 Å². The van der Waals surface area contributed by atoms with Gasteiger partial charge in [0.1, 0.15) is 5.78 Å². The SMILES string of the molecule is CC.CCC(C)CC(C)=O. The van der Waals surface area contributed by atoms with Gasteiger partial charge >= 0.3 is 0 Å². The molecule has 0 fully saturated rings. The third-order valence-electron chi connectivity index (χ3n) is 1.33. The van der Waals surface area contributed by atoms with Crippen molar-refractivity contribution < 1.29 is 4.79 Å². The molecule has 0 aromatic rings. The van der Waals surface area contributed by atoms with Gasteiger partial charge in [0.25, 0.3) is 0 Å². The topological polar surface area (TPSA) is 17.1 Å². The van der Waals surface area contributed by atoms with Gasteiger partial charge in [-0.15, -0.1) is 0 Å². The van der Waals surface area contributed by atoms with E-state index in [1.807, 2.05) is 13.8 Å². The third-order valence-corrected chi connectivity index (χ3v) is 1.33. The molecule has 10 heavy (non-hydrogen) atoms. The van der Waals surface area contributed by atoms with Crippen LogP contribution in [0.1, 0.15) is 47.5 Å². The predicted molar refractivity (Wildman–Crippen MR) is 46.1 cm³/mol. The Balaban J connectivity index is 0. The molecule has 0 aromatic carbocycles. The highest BCUT2D eigenvalue weighted by Gasteiger charge is 2.00. The quantitative estimate of drug-likeness (QED) is 0.595. The minimum atomic E-state index is 0.305. The molecule has 0 N–H and O–H groups in total. The zero-order chi connectivity index (χ0) is 8.57. The summed E-state index contributed by atoms with van der Waals surface area (Å²) in [6.07, 6.45) is 1.86. The van der Waals surface area contributed by atoms with Crippen LogP contribution in [0.3, 0.4) is 0 Å². The summed E-state index contributed by atoms with van der Waals surface area (Å²) in [4.78, 5) is 10.4. The summed E-state index contributed by atoms with van der Waals surface area (Å²) in [6, 6.07) is 0. The molecular formula is C9H20O. The predicted octanol–water partition coefficient (Wildman–Crippen LogP) is 3.04. The lowest BCUT2D eigenvalue weighted by Crippen LogP contribution is -1.98. The van der Waals surface area contributed by atoms with Crippen molar-refractivity contribution in [1.82, 2.24) is 0 Å². The van der Waals surface area contributed by atoms with Gasteiger partial charge in [-0.3, -0.25) is 0 Å². The average molecular weight is 144 g/mol. The number of Topliss-reactive ketones (excluding diaryl/α,β-unsaturated/α-hetero) is 1. The fourth-order valence-corrected chi connectivity index (χ4v) is 0.635. The fraction of sp³-hybridized carbons (Fsp3) is 0.889. The van der Waals surface area contributed by atoms with Crippen LogP contribution in [0.25, 0.3) is 0 Å². The second-order valence-corrected chi connectivity index (χ2v) is 2.42. The summed E-state index contributed by atoms with van der Waals surface area (Å²) in [6.45, 7) is 9.85. The summed E-state index contributed by atoms with van der Waals surface area (Å²) in [7, 11) is 0. The fourth-order valence-electron chi connectivity index (χ4n) is 0.635. The van der Waals surface area contributed by atoms with Gasteiger partial charge in [0, 0.05) is 6.42 Å². The first-order valence-electron chi connectivity index (χ1n) is 4.16. The molecule has 0 saturated carbocycles. The first kappa shape index (κ1) is 12.4. The van der Waals surface area contributed by atoms with Crippen LogP contribution in [0.2, 0.25) is 0 Å². The Bertz CT molecular complexity index is 76.8. The lowest BCUT2D eigenvalue weighted by molar-refractivity contribution is -0.117. The molecule has 0 aliphatic rings. The molecule has 0 aromatic heterocycles. The Labute approximate surface area is 64.8 Å². The van der Waals surface area contributed by atoms with Gasteiger partial charge in [-0.05, 0) is 12.8 Å². The van der Waals surface area contributed by atoms with Crippen LogP contribution in [0.15, 0.2) is 0 Å². The molecule has 1 unspecified atom stereocenters. The van der Waals surface area contributed by atoms with E-state index in [1.165, 1.54) is 0 Å². The summed E-state index contributed by atoms with van der Waals surface area (Å²) >= 11 is 0. The molecule has 1 nitrogen and oxygen atoms in total. The van der Waals surface area contributed by atoms with E-state index in [9.17, 15) is 4.79 Å². The average Bonchev–Trinajstić information content (AvgIpc) is 1.91. The second kappa shape index (κ2) is 8.67. The largest absolute Gasteiger partial charge is 0.300 e. The lowest BCUT2D eigenvalue weighted by atomic mass is 10.0. The molecule has 0 spiro atoms. The summed E-state index contributed by atoms with van der Waals surface area (Å²) in [5.41, 5.74) is 0. The van der Waals surface area contributed by atoms with E-state index in [-0.39, 0.29) is 0 Å². The maximum atomic E-state index is 10.4. The van der Waals surface area contributed by atoms with Crippen LogP contribution in [-0.4, -0.2) is 5.78 Å². The summed E-state index contributed by atoms with van der Waals surface area (Å²) in [5.74, 6) is 0.881. The Morgan fingerprint density at radius 1 is 1.40 bits per heavy atom. The van der Waals surface area contributed by atoms with Crippen molar-refractivity contribution in [2.24, 2.45) is 5.92 Å². The summed E-state index contributed by atoms with van der Waals surface area (Å²) < 4.78 is 0. The van der Waals surface area contributed by atoms with Crippen molar-refractivity contribution in [2.45, 2.75) is 47.5 Å². The molecule has 0 amide bonds. The molecule has 1 atom stereocenters. The van der Waals surface area contributed by atoms with Crippen LogP contribution in [0, 0.1) is 5.92 Å². The van der Waals surface area contributed by atoms with E-state index >= 15 is 0 Å². The Morgan fingerprint density at radius 3 is 1.90 bits per heavy atom. The van der Waals surface area contributed by atoms with E-state index < -0.39 is 0 Å². The van der Waals surface area contributed by atoms with E-state index in [0.717, 1.165) is 12.8 Å². The van der Waals surface area contributed by atoms with Gasteiger partial charge in [0.2, 0.25) is 0 Å². The number of carbonyl (C=O) groups excluding carboxylic acids is 1. The molecule has 0 bridgehead atoms. The molecule has 0 rings (SSSR count). The van der Waals surface area contributed by atoms with Gasteiger partial charge in [-0.2, -0.15) is 0 Å². The molecule has 1 heteroatoms. The number of rotatable bonds is 3. The van der Waals surface area contributed by atoms with Crippen molar-refractivity contribution in [3.8, 4) is 0 Å². The van der Waals surface area contributed by atoms with Crippen molar-refractivity contribution >= 4 is 5.78 Å². The van der Waals surface area contributed by atoms with E-state index in [0.29, 0.717) is 11.7 Å². The number of hydrogen-bond donors (Lipinski definition) is 0. The zero-order valence-corrected chi connectivity index (χ0v) is 7.90. The number of carbonyl (C=O) groups is 1. The van der Waals surface area contributed by atoms with Crippen molar-refractivity contribution in [3.05, 3.63) is 0 Å². The van der Waals surface area contributed by atoms with Crippen LogP contribution in [-0.2, 0) is 4.79 Å². The Morgan fingerprint density at radius 2 is 1.80 bits per heavy atom. The highest BCUT2D eigenvalue weighted by Crippen LogP contribution is 2.05. The van der Waals surface area contributed by atoms with Crippen LogP contribution < -0.4 is 0 Å². The Kier molecular flexibility index (Phi) is 10.7. The first-order chi connectivity index (χ1) is 4.66. The number of hydrogen-bond acceptors (Lipinski definition) is 1. The van der Waals surface area contributed by atoms with Crippen LogP contribution >= 0.6 is 0 Å². The molecule has 0 saturated heterocycles. The van der Waals surface area contributed by atoms with Gasteiger partial charge in [0.05, 0.1) is 0 Å². The molecule has 0 heterocycles. The van der Waals surface area contributed by atoms with Gasteiger partial charge in [0.15, 0.2) is 0 Å². The van der Waals surface area contributed by atoms with E-state index in [4.69, 9.17) is 0 Å². The normalized spacial score (nSPS) is 11.3. The standard InChI is InChI=1S/C7H14O.C2H6/c1-4-6(2)5-7(3)8;1-2/h6H,4-5H2,1-3H3;1-2H3. The monoisotopic (exact) mass is 144 g/mol. The zero-order valence-electron chi connectivity index (χ0n) is 7.90. The maximum Gasteiger partial charge on any atom is 0.130 e. The third kappa shape index (κ3) is 10.6.